The van der Waals surface area contributed by atoms with Gasteiger partial charge >= 0.3 is 0 Å². The summed E-state index contributed by atoms with van der Waals surface area (Å²) < 4.78 is 1.73. The second-order valence-corrected chi connectivity index (χ2v) is 5.98. The van der Waals surface area contributed by atoms with Crippen molar-refractivity contribution >= 4 is 29.9 Å². The van der Waals surface area contributed by atoms with Crippen molar-refractivity contribution in [2.24, 2.45) is 0 Å². The highest BCUT2D eigenvalue weighted by Gasteiger charge is 2.18. The van der Waals surface area contributed by atoms with Gasteiger partial charge in [-0.15, -0.1) is 12.4 Å². The standard InChI is InChI=1S/C16H19ClN4O.ClH/c1-11-15(16(22)19-9-13-5-3-7-18-13)10-20-21(11)14-6-2-4-12(17)8-14;/h2,4,6,8,10,13,18H,3,5,7,9H2,1H3,(H,19,22);1H. The molecular weight excluding hydrogens is 335 g/mol. The third kappa shape index (κ3) is 4.05. The summed E-state index contributed by atoms with van der Waals surface area (Å²) in [6, 6.07) is 7.80. The molecule has 2 heterocycles. The third-order valence-corrected chi connectivity index (χ3v) is 4.21. The number of rotatable bonds is 4. The van der Waals surface area contributed by atoms with Crippen LogP contribution in [0.2, 0.25) is 5.02 Å². The molecule has 124 valence electrons. The van der Waals surface area contributed by atoms with Crippen molar-refractivity contribution in [3.8, 4) is 5.69 Å². The lowest BCUT2D eigenvalue weighted by molar-refractivity contribution is 0.0949. The Labute approximate surface area is 146 Å². The molecule has 2 aromatic rings. The van der Waals surface area contributed by atoms with Gasteiger partial charge in [0.15, 0.2) is 0 Å². The second-order valence-electron chi connectivity index (χ2n) is 5.54. The number of carbonyl (C=O) groups excluding carboxylic acids is 1. The van der Waals surface area contributed by atoms with Crippen LogP contribution in [0.15, 0.2) is 30.5 Å². The fourth-order valence-electron chi connectivity index (χ4n) is 2.74. The summed E-state index contributed by atoms with van der Waals surface area (Å²) in [5.41, 5.74) is 2.25. The highest BCUT2D eigenvalue weighted by atomic mass is 35.5. The molecule has 1 aliphatic rings. The van der Waals surface area contributed by atoms with E-state index in [0.29, 0.717) is 23.2 Å². The first-order valence-corrected chi connectivity index (χ1v) is 7.85. The summed E-state index contributed by atoms with van der Waals surface area (Å²) in [5.74, 6) is -0.0838. The molecule has 0 bridgehead atoms. The molecule has 7 heteroatoms. The van der Waals surface area contributed by atoms with E-state index < -0.39 is 0 Å². The van der Waals surface area contributed by atoms with Crippen LogP contribution in [0.3, 0.4) is 0 Å². The van der Waals surface area contributed by atoms with Crippen molar-refractivity contribution in [2.75, 3.05) is 13.1 Å². The summed E-state index contributed by atoms with van der Waals surface area (Å²) in [6.45, 7) is 3.57. The molecule has 2 N–H and O–H groups in total. The number of carbonyl (C=O) groups is 1. The molecule has 1 saturated heterocycles. The predicted molar refractivity (Wildman–Crippen MR) is 93.9 cm³/mol. The maximum atomic E-state index is 12.3. The van der Waals surface area contributed by atoms with E-state index in [0.717, 1.165) is 24.3 Å². The second kappa shape index (κ2) is 7.81. The molecule has 23 heavy (non-hydrogen) atoms. The number of aromatic nitrogens is 2. The summed E-state index contributed by atoms with van der Waals surface area (Å²) >= 11 is 6.01. The first-order chi connectivity index (χ1) is 10.6. The molecular formula is C16H20Cl2N4O. The van der Waals surface area contributed by atoms with Crippen molar-refractivity contribution in [1.29, 1.82) is 0 Å². The van der Waals surface area contributed by atoms with E-state index in [-0.39, 0.29) is 18.3 Å². The minimum Gasteiger partial charge on any atom is -0.350 e. The van der Waals surface area contributed by atoms with Gasteiger partial charge in [-0.3, -0.25) is 4.79 Å². The van der Waals surface area contributed by atoms with E-state index in [1.165, 1.54) is 6.42 Å². The first-order valence-electron chi connectivity index (χ1n) is 7.47. The Bertz CT molecular complexity index is 680. The van der Waals surface area contributed by atoms with Gasteiger partial charge in [-0.2, -0.15) is 5.10 Å². The number of halogens is 2. The Morgan fingerprint density at radius 2 is 2.35 bits per heavy atom. The van der Waals surface area contributed by atoms with Gasteiger partial charge < -0.3 is 10.6 Å². The van der Waals surface area contributed by atoms with E-state index in [4.69, 9.17) is 11.6 Å². The predicted octanol–water partition coefficient (Wildman–Crippen LogP) is 2.74. The van der Waals surface area contributed by atoms with Gasteiger partial charge in [0.2, 0.25) is 0 Å². The van der Waals surface area contributed by atoms with Crippen molar-refractivity contribution in [3.05, 3.63) is 46.7 Å². The smallest absolute Gasteiger partial charge is 0.254 e. The number of benzene rings is 1. The maximum absolute atomic E-state index is 12.3. The summed E-state index contributed by atoms with van der Waals surface area (Å²) in [6.07, 6.45) is 3.89. The topological polar surface area (TPSA) is 59.0 Å². The zero-order chi connectivity index (χ0) is 15.5. The molecule has 0 spiro atoms. The fraction of sp³-hybridized carbons (Fsp3) is 0.375. The Kier molecular flexibility index (Phi) is 6.04. The quantitative estimate of drug-likeness (QED) is 0.887. The maximum Gasteiger partial charge on any atom is 0.254 e. The molecule has 3 rings (SSSR count). The van der Waals surface area contributed by atoms with Crippen LogP contribution in [-0.2, 0) is 0 Å². The highest BCUT2D eigenvalue weighted by molar-refractivity contribution is 6.30. The van der Waals surface area contributed by atoms with Crippen LogP contribution < -0.4 is 10.6 Å². The lowest BCUT2D eigenvalue weighted by atomic mass is 10.2. The number of nitrogens with zero attached hydrogens (tertiary/aromatic N) is 2. The molecule has 0 radical (unpaired) electrons. The van der Waals surface area contributed by atoms with Gasteiger partial charge in [0.25, 0.3) is 5.91 Å². The highest BCUT2D eigenvalue weighted by Crippen LogP contribution is 2.18. The van der Waals surface area contributed by atoms with Crippen molar-refractivity contribution in [1.82, 2.24) is 20.4 Å². The molecule has 5 nitrogen and oxygen atoms in total. The van der Waals surface area contributed by atoms with E-state index in [1.807, 2.05) is 31.2 Å². The third-order valence-electron chi connectivity index (χ3n) is 3.98. The SMILES string of the molecule is Cc1c(C(=O)NCC2CCCN2)cnn1-c1cccc(Cl)c1.Cl. The van der Waals surface area contributed by atoms with Crippen LogP contribution in [0.25, 0.3) is 5.69 Å². The van der Waals surface area contributed by atoms with E-state index >= 15 is 0 Å². The Morgan fingerprint density at radius 1 is 1.52 bits per heavy atom. The van der Waals surface area contributed by atoms with E-state index in [9.17, 15) is 4.79 Å². The molecule has 1 amide bonds. The molecule has 1 atom stereocenters. The number of hydrogen-bond acceptors (Lipinski definition) is 3. The number of hydrogen-bond donors (Lipinski definition) is 2. The Balaban J connectivity index is 0.00000192. The lowest BCUT2D eigenvalue weighted by Crippen LogP contribution is -2.37. The molecule has 1 aromatic carbocycles. The lowest BCUT2D eigenvalue weighted by Gasteiger charge is -2.11. The van der Waals surface area contributed by atoms with Crippen LogP contribution in [0.4, 0.5) is 0 Å². The monoisotopic (exact) mass is 354 g/mol. The average Bonchev–Trinajstić information content (AvgIpc) is 3.14. The van der Waals surface area contributed by atoms with Crippen molar-refractivity contribution in [3.63, 3.8) is 0 Å². The van der Waals surface area contributed by atoms with Gasteiger partial charge in [-0.25, -0.2) is 4.68 Å². The molecule has 0 aliphatic carbocycles. The van der Waals surface area contributed by atoms with Gasteiger partial charge in [-0.05, 0) is 44.5 Å². The zero-order valence-corrected chi connectivity index (χ0v) is 14.5. The van der Waals surface area contributed by atoms with Crippen molar-refractivity contribution in [2.45, 2.75) is 25.8 Å². The largest absolute Gasteiger partial charge is 0.350 e. The van der Waals surface area contributed by atoms with Gasteiger partial charge in [0.1, 0.15) is 0 Å². The molecule has 1 unspecified atom stereocenters. The van der Waals surface area contributed by atoms with E-state index in [2.05, 4.69) is 15.7 Å². The molecule has 1 aliphatic heterocycles. The van der Waals surface area contributed by atoms with Gasteiger partial charge in [0.05, 0.1) is 23.1 Å². The van der Waals surface area contributed by atoms with E-state index in [1.54, 1.807) is 10.9 Å². The summed E-state index contributed by atoms with van der Waals surface area (Å²) in [7, 11) is 0. The fourth-order valence-corrected chi connectivity index (χ4v) is 2.93. The van der Waals surface area contributed by atoms with Crippen LogP contribution in [-0.4, -0.2) is 34.8 Å². The number of nitrogens with one attached hydrogen (secondary N) is 2. The molecule has 1 aromatic heterocycles. The van der Waals surface area contributed by atoms with Gasteiger partial charge in [-0.1, -0.05) is 17.7 Å². The zero-order valence-electron chi connectivity index (χ0n) is 12.9. The minimum atomic E-state index is -0.0838. The van der Waals surface area contributed by atoms with Crippen LogP contribution in [0.1, 0.15) is 28.9 Å². The van der Waals surface area contributed by atoms with Crippen molar-refractivity contribution < 1.29 is 4.79 Å². The average molecular weight is 355 g/mol. The Hall–Kier alpha value is -1.56. The van der Waals surface area contributed by atoms with Crippen LogP contribution in [0.5, 0.6) is 0 Å². The molecule has 0 saturated carbocycles. The summed E-state index contributed by atoms with van der Waals surface area (Å²) in [5, 5.41) is 11.3. The molecule has 1 fully saturated rings. The van der Waals surface area contributed by atoms with Gasteiger partial charge in [0, 0.05) is 17.6 Å². The number of amides is 1. The van der Waals surface area contributed by atoms with Crippen LogP contribution in [0, 0.1) is 6.92 Å². The minimum absolute atomic E-state index is 0. The Morgan fingerprint density at radius 3 is 3.04 bits per heavy atom. The first kappa shape index (κ1) is 17.8. The summed E-state index contributed by atoms with van der Waals surface area (Å²) in [4.78, 5) is 12.3. The van der Waals surface area contributed by atoms with Crippen LogP contribution >= 0.6 is 24.0 Å². The normalized spacial score (nSPS) is 16.9.